The molecule has 1 aromatic carbocycles. The number of halogens is 1. The van der Waals surface area contributed by atoms with Crippen molar-refractivity contribution in [1.82, 2.24) is 20.1 Å². The molecule has 0 bridgehead atoms. The van der Waals surface area contributed by atoms with Crippen molar-refractivity contribution < 1.29 is 4.74 Å². The molecule has 1 aromatic heterocycles. The number of benzene rings is 1. The Kier molecular flexibility index (Phi) is 3.87. The first kappa shape index (κ1) is 14.4. The van der Waals surface area contributed by atoms with Crippen LogP contribution in [0.5, 0.6) is 5.75 Å². The fourth-order valence-corrected chi connectivity index (χ4v) is 3.49. The maximum absolute atomic E-state index is 5.47. The van der Waals surface area contributed by atoms with E-state index in [0.717, 1.165) is 42.5 Å². The minimum atomic E-state index is 0. The van der Waals surface area contributed by atoms with E-state index >= 15 is 0 Å². The number of aryl methyl sites for hydroxylation is 1. The van der Waals surface area contributed by atoms with Gasteiger partial charge < -0.3 is 14.6 Å². The van der Waals surface area contributed by atoms with Gasteiger partial charge in [0.1, 0.15) is 11.6 Å². The van der Waals surface area contributed by atoms with Gasteiger partial charge in [0.05, 0.1) is 18.7 Å². The molecule has 21 heavy (non-hydrogen) atoms. The van der Waals surface area contributed by atoms with E-state index in [4.69, 9.17) is 4.74 Å². The van der Waals surface area contributed by atoms with Crippen LogP contribution in [0, 0.1) is 5.92 Å². The Balaban J connectivity index is 0.00000132. The second-order valence-corrected chi connectivity index (χ2v) is 5.53. The molecule has 2 aliphatic heterocycles. The van der Waals surface area contributed by atoms with Crippen molar-refractivity contribution in [2.45, 2.75) is 18.9 Å². The Bertz CT molecular complexity index is 642. The highest BCUT2D eigenvalue weighted by atomic mass is 35.5. The lowest BCUT2D eigenvalue weighted by atomic mass is 9.93. The SMILES string of the molecule is COc1ccccc1-c1nnc2n1C1CNCC1CC2.Cl. The molecular weight excluding hydrogens is 288 g/mol. The molecule has 112 valence electrons. The molecule has 2 aliphatic rings. The first-order valence-corrected chi connectivity index (χ1v) is 7.16. The standard InChI is InChI=1S/C15H18N4O.ClH/c1-20-13-5-3-2-4-11(13)15-18-17-14-7-6-10-8-16-9-12(10)19(14)15;/h2-5,10,12,16H,6-9H2,1H3;1H. The van der Waals surface area contributed by atoms with Crippen LogP contribution in [0.15, 0.2) is 24.3 Å². The summed E-state index contributed by atoms with van der Waals surface area (Å²) in [6, 6.07) is 8.52. The maximum atomic E-state index is 5.47. The summed E-state index contributed by atoms with van der Waals surface area (Å²) in [6.45, 7) is 2.12. The van der Waals surface area contributed by atoms with Gasteiger partial charge in [-0.25, -0.2) is 0 Å². The normalized spacial score (nSPS) is 23.1. The van der Waals surface area contributed by atoms with Gasteiger partial charge in [0.25, 0.3) is 0 Å². The van der Waals surface area contributed by atoms with Crippen LogP contribution in [0.1, 0.15) is 18.3 Å². The summed E-state index contributed by atoms with van der Waals surface area (Å²) in [5.74, 6) is 3.61. The lowest BCUT2D eigenvalue weighted by Gasteiger charge is -2.27. The predicted octanol–water partition coefficient (Wildman–Crippen LogP) is 2.08. The first-order valence-electron chi connectivity index (χ1n) is 7.16. The van der Waals surface area contributed by atoms with Gasteiger partial charge in [-0.05, 0) is 24.5 Å². The fourth-order valence-electron chi connectivity index (χ4n) is 3.49. The smallest absolute Gasteiger partial charge is 0.168 e. The van der Waals surface area contributed by atoms with Crippen LogP contribution >= 0.6 is 12.4 Å². The molecule has 4 rings (SSSR count). The van der Waals surface area contributed by atoms with Gasteiger partial charge in [-0.15, -0.1) is 22.6 Å². The van der Waals surface area contributed by atoms with E-state index in [-0.39, 0.29) is 12.4 Å². The monoisotopic (exact) mass is 306 g/mol. The largest absolute Gasteiger partial charge is 0.496 e. The second-order valence-electron chi connectivity index (χ2n) is 5.53. The van der Waals surface area contributed by atoms with Crippen LogP contribution < -0.4 is 10.1 Å². The molecule has 0 saturated carbocycles. The molecule has 1 fully saturated rings. The Hall–Kier alpha value is -1.59. The van der Waals surface area contributed by atoms with Gasteiger partial charge >= 0.3 is 0 Å². The third-order valence-electron chi connectivity index (χ3n) is 4.49. The van der Waals surface area contributed by atoms with Crippen molar-refractivity contribution in [2.24, 2.45) is 5.92 Å². The van der Waals surface area contributed by atoms with Crippen LogP contribution in [0.4, 0.5) is 0 Å². The minimum Gasteiger partial charge on any atom is -0.496 e. The molecule has 6 heteroatoms. The Morgan fingerprint density at radius 1 is 1.24 bits per heavy atom. The highest BCUT2D eigenvalue weighted by Gasteiger charge is 2.36. The van der Waals surface area contributed by atoms with E-state index in [9.17, 15) is 0 Å². The zero-order chi connectivity index (χ0) is 13.5. The first-order chi connectivity index (χ1) is 9.88. The van der Waals surface area contributed by atoms with Gasteiger partial charge in [0.15, 0.2) is 5.82 Å². The summed E-state index contributed by atoms with van der Waals surface area (Å²) in [5.41, 5.74) is 1.03. The minimum absolute atomic E-state index is 0. The van der Waals surface area contributed by atoms with Gasteiger partial charge in [-0.2, -0.15) is 0 Å². The van der Waals surface area contributed by atoms with Crippen LogP contribution in [0.25, 0.3) is 11.4 Å². The predicted molar refractivity (Wildman–Crippen MR) is 83.0 cm³/mol. The topological polar surface area (TPSA) is 52.0 Å². The highest BCUT2D eigenvalue weighted by molar-refractivity contribution is 5.85. The van der Waals surface area contributed by atoms with Crippen molar-refractivity contribution in [2.75, 3.05) is 20.2 Å². The number of hydrogen-bond donors (Lipinski definition) is 1. The summed E-state index contributed by atoms with van der Waals surface area (Å²) in [4.78, 5) is 0. The molecule has 0 amide bonds. The molecule has 5 nitrogen and oxygen atoms in total. The molecule has 1 saturated heterocycles. The van der Waals surface area contributed by atoms with Gasteiger partial charge in [0.2, 0.25) is 0 Å². The molecule has 2 aromatic rings. The second kappa shape index (κ2) is 5.66. The van der Waals surface area contributed by atoms with Gasteiger partial charge in [-0.1, -0.05) is 12.1 Å². The van der Waals surface area contributed by atoms with E-state index in [2.05, 4.69) is 26.1 Å². The third-order valence-corrected chi connectivity index (χ3v) is 4.49. The third kappa shape index (κ3) is 2.21. The quantitative estimate of drug-likeness (QED) is 0.923. The number of fused-ring (bicyclic) bond motifs is 3. The van der Waals surface area contributed by atoms with Crippen molar-refractivity contribution in [3.8, 4) is 17.1 Å². The van der Waals surface area contributed by atoms with Crippen LogP contribution in [0.2, 0.25) is 0 Å². The highest BCUT2D eigenvalue weighted by Crippen LogP contribution is 2.38. The molecule has 2 unspecified atom stereocenters. The van der Waals surface area contributed by atoms with Crippen molar-refractivity contribution in [1.29, 1.82) is 0 Å². The maximum Gasteiger partial charge on any atom is 0.168 e. The number of para-hydroxylation sites is 1. The Morgan fingerprint density at radius 2 is 2.10 bits per heavy atom. The zero-order valence-corrected chi connectivity index (χ0v) is 12.8. The van der Waals surface area contributed by atoms with Crippen LogP contribution in [-0.2, 0) is 6.42 Å². The number of hydrogen-bond acceptors (Lipinski definition) is 4. The number of aromatic nitrogens is 3. The summed E-state index contributed by atoms with van der Waals surface area (Å²) in [5, 5.41) is 12.3. The zero-order valence-electron chi connectivity index (χ0n) is 12.0. The van der Waals surface area contributed by atoms with Crippen molar-refractivity contribution in [3.05, 3.63) is 30.1 Å². The van der Waals surface area contributed by atoms with E-state index < -0.39 is 0 Å². The van der Waals surface area contributed by atoms with E-state index in [1.807, 2.05) is 18.2 Å². The molecule has 3 heterocycles. The molecule has 2 atom stereocenters. The Labute approximate surface area is 130 Å². The molecule has 0 aliphatic carbocycles. The summed E-state index contributed by atoms with van der Waals surface area (Å²) in [7, 11) is 1.70. The number of ether oxygens (including phenoxy) is 1. The van der Waals surface area contributed by atoms with Crippen molar-refractivity contribution >= 4 is 12.4 Å². The number of methoxy groups -OCH3 is 1. The lowest BCUT2D eigenvalue weighted by Crippen LogP contribution is -2.26. The van der Waals surface area contributed by atoms with Gasteiger partial charge in [0, 0.05) is 19.5 Å². The average molecular weight is 307 g/mol. The number of rotatable bonds is 2. The van der Waals surface area contributed by atoms with Crippen molar-refractivity contribution in [3.63, 3.8) is 0 Å². The summed E-state index contributed by atoms with van der Waals surface area (Å²) < 4.78 is 7.80. The average Bonchev–Trinajstić information content (AvgIpc) is 3.12. The molecule has 0 spiro atoms. The number of nitrogens with one attached hydrogen (secondary N) is 1. The van der Waals surface area contributed by atoms with E-state index in [0.29, 0.717) is 12.0 Å². The fraction of sp³-hybridized carbons (Fsp3) is 0.467. The van der Waals surface area contributed by atoms with Crippen LogP contribution in [-0.4, -0.2) is 35.0 Å². The van der Waals surface area contributed by atoms with E-state index in [1.165, 1.54) is 6.42 Å². The summed E-state index contributed by atoms with van der Waals surface area (Å²) >= 11 is 0. The Morgan fingerprint density at radius 3 is 2.95 bits per heavy atom. The molecular formula is C15H19ClN4O. The summed E-state index contributed by atoms with van der Waals surface area (Å²) in [6.07, 6.45) is 2.23. The molecule has 1 N–H and O–H groups in total. The van der Waals surface area contributed by atoms with E-state index in [1.54, 1.807) is 7.11 Å². The van der Waals surface area contributed by atoms with Crippen LogP contribution in [0.3, 0.4) is 0 Å². The number of nitrogens with zero attached hydrogens (tertiary/aromatic N) is 3. The van der Waals surface area contributed by atoms with Gasteiger partial charge in [-0.3, -0.25) is 0 Å². The lowest BCUT2D eigenvalue weighted by molar-refractivity contribution is 0.338. The molecule has 0 radical (unpaired) electrons.